The maximum atomic E-state index is 12.9. The highest BCUT2D eigenvalue weighted by molar-refractivity contribution is 5.95. The number of amides is 3. The Hall–Kier alpha value is -2.37. The summed E-state index contributed by atoms with van der Waals surface area (Å²) in [4.78, 5) is 39.5. The molecule has 1 aliphatic carbocycles. The van der Waals surface area contributed by atoms with E-state index in [1.807, 2.05) is 26.0 Å². The van der Waals surface area contributed by atoms with Crippen LogP contribution in [-0.4, -0.2) is 48.8 Å². The van der Waals surface area contributed by atoms with Crippen molar-refractivity contribution in [3.63, 3.8) is 0 Å². The van der Waals surface area contributed by atoms with Crippen molar-refractivity contribution < 1.29 is 14.4 Å². The van der Waals surface area contributed by atoms with Gasteiger partial charge in [0.2, 0.25) is 11.8 Å². The molecule has 2 N–H and O–H groups in total. The van der Waals surface area contributed by atoms with E-state index in [1.165, 1.54) is 6.42 Å². The Morgan fingerprint density at radius 2 is 1.40 bits per heavy atom. The predicted molar refractivity (Wildman–Crippen MR) is 117 cm³/mol. The number of piperidine rings is 1. The monoisotopic (exact) mass is 413 g/mol. The number of hydrogen-bond donors (Lipinski definition) is 2. The van der Waals surface area contributed by atoms with Gasteiger partial charge in [0.1, 0.15) is 0 Å². The molecule has 1 aromatic carbocycles. The summed E-state index contributed by atoms with van der Waals surface area (Å²) < 4.78 is 0. The molecule has 2 aliphatic rings. The average Bonchev–Trinajstić information content (AvgIpc) is 2.76. The Labute approximate surface area is 179 Å². The van der Waals surface area contributed by atoms with Crippen molar-refractivity contribution in [1.29, 1.82) is 0 Å². The van der Waals surface area contributed by atoms with E-state index in [0.717, 1.165) is 49.7 Å². The molecule has 1 saturated heterocycles. The van der Waals surface area contributed by atoms with Crippen LogP contribution in [0.3, 0.4) is 0 Å². The van der Waals surface area contributed by atoms with Gasteiger partial charge in [0.25, 0.3) is 5.91 Å². The number of hydrogen-bond acceptors (Lipinski definition) is 3. The number of likely N-dealkylation sites (tertiary alicyclic amines) is 1. The second-order valence-corrected chi connectivity index (χ2v) is 8.88. The van der Waals surface area contributed by atoms with Crippen LogP contribution in [0.2, 0.25) is 0 Å². The topological polar surface area (TPSA) is 78.5 Å². The van der Waals surface area contributed by atoms with Crippen LogP contribution in [0.5, 0.6) is 0 Å². The summed E-state index contributed by atoms with van der Waals surface area (Å²) in [6.45, 7) is 6.00. The van der Waals surface area contributed by atoms with Gasteiger partial charge in [-0.15, -0.1) is 0 Å². The standard InChI is InChI=1S/C24H35N3O3/c1-17-13-18(2)15-21(14-17)24(30)27-12-6-9-20(16-27)23(29)26-11-10-25-22(28)19-7-4-3-5-8-19/h13-15,19-20H,3-12,16H2,1-2H3,(H,25,28)(H,26,29). The lowest BCUT2D eigenvalue weighted by Crippen LogP contribution is -2.46. The van der Waals surface area contributed by atoms with Crippen molar-refractivity contribution in [3.8, 4) is 0 Å². The summed E-state index contributed by atoms with van der Waals surface area (Å²) in [7, 11) is 0. The Kier molecular flexibility index (Phi) is 7.88. The molecule has 0 bridgehead atoms. The summed E-state index contributed by atoms with van der Waals surface area (Å²) in [6.07, 6.45) is 7.06. The second-order valence-electron chi connectivity index (χ2n) is 8.88. The molecule has 1 saturated carbocycles. The van der Waals surface area contributed by atoms with Crippen LogP contribution in [-0.2, 0) is 9.59 Å². The zero-order valence-electron chi connectivity index (χ0n) is 18.3. The molecule has 1 unspecified atom stereocenters. The number of benzene rings is 1. The van der Waals surface area contributed by atoms with E-state index in [9.17, 15) is 14.4 Å². The fourth-order valence-corrected chi connectivity index (χ4v) is 4.68. The lowest BCUT2D eigenvalue weighted by atomic mass is 9.89. The van der Waals surface area contributed by atoms with Crippen LogP contribution in [0.25, 0.3) is 0 Å². The Bertz CT molecular complexity index is 751. The minimum absolute atomic E-state index is 0.000884. The predicted octanol–water partition coefficient (Wildman–Crippen LogP) is 2.97. The maximum Gasteiger partial charge on any atom is 0.253 e. The smallest absolute Gasteiger partial charge is 0.253 e. The third kappa shape index (κ3) is 6.07. The number of rotatable bonds is 6. The van der Waals surface area contributed by atoms with Gasteiger partial charge in [-0.1, -0.05) is 36.5 Å². The van der Waals surface area contributed by atoms with Gasteiger partial charge in [0.15, 0.2) is 0 Å². The number of carbonyl (C=O) groups excluding carboxylic acids is 3. The Morgan fingerprint density at radius 3 is 2.03 bits per heavy atom. The zero-order valence-corrected chi connectivity index (χ0v) is 18.3. The molecule has 0 radical (unpaired) electrons. The molecule has 3 rings (SSSR count). The fraction of sp³-hybridized carbons (Fsp3) is 0.625. The Morgan fingerprint density at radius 1 is 0.833 bits per heavy atom. The third-order valence-corrected chi connectivity index (χ3v) is 6.25. The van der Waals surface area contributed by atoms with Crippen molar-refractivity contribution >= 4 is 17.7 Å². The number of nitrogens with one attached hydrogen (secondary N) is 2. The lowest BCUT2D eigenvalue weighted by molar-refractivity contribution is -0.128. The molecule has 1 heterocycles. The molecule has 0 spiro atoms. The summed E-state index contributed by atoms with van der Waals surface area (Å²) in [5.74, 6) is 0.0333. The van der Waals surface area contributed by atoms with E-state index in [1.54, 1.807) is 4.90 Å². The molecule has 0 aromatic heterocycles. The Balaban J connectivity index is 1.43. The van der Waals surface area contributed by atoms with Crippen molar-refractivity contribution in [2.75, 3.05) is 26.2 Å². The molecular weight excluding hydrogens is 378 g/mol. The van der Waals surface area contributed by atoms with E-state index in [4.69, 9.17) is 0 Å². The molecule has 2 fully saturated rings. The third-order valence-electron chi connectivity index (χ3n) is 6.25. The number of nitrogens with zero attached hydrogens (tertiary/aromatic N) is 1. The number of carbonyl (C=O) groups is 3. The highest BCUT2D eigenvalue weighted by Crippen LogP contribution is 2.23. The van der Waals surface area contributed by atoms with Crippen LogP contribution in [0.1, 0.15) is 66.4 Å². The van der Waals surface area contributed by atoms with Gasteiger partial charge in [-0.25, -0.2) is 0 Å². The van der Waals surface area contributed by atoms with Gasteiger partial charge in [-0.3, -0.25) is 14.4 Å². The minimum atomic E-state index is -0.192. The van der Waals surface area contributed by atoms with Gasteiger partial charge in [0, 0.05) is 37.7 Å². The largest absolute Gasteiger partial charge is 0.354 e. The highest BCUT2D eigenvalue weighted by atomic mass is 16.2. The summed E-state index contributed by atoms with van der Waals surface area (Å²) in [5.41, 5.74) is 2.83. The normalized spacial score (nSPS) is 19.9. The van der Waals surface area contributed by atoms with Crippen LogP contribution in [0.15, 0.2) is 18.2 Å². The first-order chi connectivity index (χ1) is 14.4. The highest BCUT2D eigenvalue weighted by Gasteiger charge is 2.29. The molecule has 6 heteroatoms. The van der Waals surface area contributed by atoms with Crippen LogP contribution < -0.4 is 10.6 Å². The first-order valence-electron chi connectivity index (χ1n) is 11.4. The summed E-state index contributed by atoms with van der Waals surface area (Å²) >= 11 is 0. The van der Waals surface area contributed by atoms with Crippen LogP contribution >= 0.6 is 0 Å². The van der Waals surface area contributed by atoms with Crippen molar-refractivity contribution in [3.05, 3.63) is 34.9 Å². The van der Waals surface area contributed by atoms with Gasteiger partial charge in [0.05, 0.1) is 5.92 Å². The quantitative estimate of drug-likeness (QED) is 0.704. The summed E-state index contributed by atoms with van der Waals surface area (Å²) in [5, 5.41) is 5.89. The molecule has 1 aliphatic heterocycles. The summed E-state index contributed by atoms with van der Waals surface area (Å²) in [6, 6.07) is 5.87. The van der Waals surface area contributed by atoms with Gasteiger partial charge < -0.3 is 15.5 Å². The lowest BCUT2D eigenvalue weighted by Gasteiger charge is -2.32. The van der Waals surface area contributed by atoms with E-state index < -0.39 is 0 Å². The fourth-order valence-electron chi connectivity index (χ4n) is 4.68. The first-order valence-corrected chi connectivity index (χ1v) is 11.4. The van der Waals surface area contributed by atoms with E-state index in [2.05, 4.69) is 16.7 Å². The molecule has 164 valence electrons. The van der Waals surface area contributed by atoms with Crippen molar-refractivity contribution in [1.82, 2.24) is 15.5 Å². The van der Waals surface area contributed by atoms with Crippen molar-refractivity contribution in [2.45, 2.75) is 58.8 Å². The van der Waals surface area contributed by atoms with E-state index >= 15 is 0 Å². The second kappa shape index (κ2) is 10.6. The van der Waals surface area contributed by atoms with Gasteiger partial charge in [-0.05, 0) is 51.7 Å². The maximum absolute atomic E-state index is 12.9. The SMILES string of the molecule is Cc1cc(C)cc(C(=O)N2CCCC(C(=O)NCCNC(=O)C3CCCCC3)C2)c1. The van der Waals surface area contributed by atoms with E-state index in [-0.39, 0.29) is 29.6 Å². The molecule has 6 nitrogen and oxygen atoms in total. The average molecular weight is 414 g/mol. The molecule has 30 heavy (non-hydrogen) atoms. The molecule has 3 amide bonds. The first kappa shape index (κ1) is 22.3. The van der Waals surface area contributed by atoms with Gasteiger partial charge >= 0.3 is 0 Å². The zero-order chi connectivity index (χ0) is 21.5. The molecule has 1 aromatic rings. The van der Waals surface area contributed by atoms with Crippen LogP contribution in [0.4, 0.5) is 0 Å². The molecule has 1 atom stereocenters. The minimum Gasteiger partial charge on any atom is -0.354 e. The van der Waals surface area contributed by atoms with Crippen molar-refractivity contribution in [2.24, 2.45) is 11.8 Å². The van der Waals surface area contributed by atoms with Gasteiger partial charge in [-0.2, -0.15) is 0 Å². The van der Waals surface area contributed by atoms with Crippen LogP contribution in [0, 0.1) is 25.7 Å². The van der Waals surface area contributed by atoms with E-state index in [0.29, 0.717) is 31.7 Å². The molecular formula is C24H35N3O3. The number of aryl methyl sites for hydroxylation is 2.